The molecule has 0 saturated heterocycles. The van der Waals surface area contributed by atoms with Gasteiger partial charge in [-0.1, -0.05) is 6.92 Å². The molecule has 1 aliphatic carbocycles. The minimum Gasteiger partial charge on any atom is -0.314 e. The summed E-state index contributed by atoms with van der Waals surface area (Å²) in [5.41, 5.74) is 1.19. The Hall–Kier alpha value is -0.870. The highest BCUT2D eigenvalue weighted by atomic mass is 15.3. The number of rotatable bonds is 7. The SMILES string of the molecule is CCCNC1CCC(N(C)Cc2ccn(C(C)C)n2)CC1. The van der Waals surface area contributed by atoms with Gasteiger partial charge >= 0.3 is 0 Å². The summed E-state index contributed by atoms with van der Waals surface area (Å²) in [7, 11) is 2.25. The third-order valence-electron chi connectivity index (χ3n) is 4.61. The van der Waals surface area contributed by atoms with Crippen LogP contribution in [-0.2, 0) is 6.54 Å². The molecule has 4 heteroatoms. The molecule has 1 aliphatic rings. The zero-order valence-electron chi connectivity index (χ0n) is 14.2. The first-order chi connectivity index (χ1) is 10.1. The van der Waals surface area contributed by atoms with E-state index in [0.29, 0.717) is 12.1 Å². The molecular weight excluding hydrogens is 260 g/mol. The van der Waals surface area contributed by atoms with Crippen molar-refractivity contribution in [2.45, 2.75) is 77.5 Å². The maximum absolute atomic E-state index is 4.66. The maximum Gasteiger partial charge on any atom is 0.0764 e. The molecule has 1 aromatic heterocycles. The van der Waals surface area contributed by atoms with E-state index in [1.807, 2.05) is 0 Å². The first-order valence-electron chi connectivity index (χ1n) is 8.57. The monoisotopic (exact) mass is 292 g/mol. The molecule has 0 aliphatic heterocycles. The average molecular weight is 292 g/mol. The zero-order valence-corrected chi connectivity index (χ0v) is 14.2. The number of nitrogens with zero attached hydrogens (tertiary/aromatic N) is 3. The van der Waals surface area contributed by atoms with E-state index in [1.165, 1.54) is 37.8 Å². The third kappa shape index (κ3) is 4.82. The summed E-state index contributed by atoms with van der Waals surface area (Å²) in [6.45, 7) is 8.72. The van der Waals surface area contributed by atoms with Gasteiger partial charge in [0.15, 0.2) is 0 Å². The molecule has 21 heavy (non-hydrogen) atoms. The Morgan fingerprint density at radius 3 is 2.62 bits per heavy atom. The Morgan fingerprint density at radius 1 is 1.33 bits per heavy atom. The molecule has 0 radical (unpaired) electrons. The first-order valence-corrected chi connectivity index (χ1v) is 8.57. The molecule has 4 nitrogen and oxygen atoms in total. The standard InChI is InChI=1S/C17H32N4/c1-5-11-18-15-6-8-17(9-7-15)20(4)13-16-10-12-21(19-16)14(2)3/h10,12,14-15,17-18H,5-9,11,13H2,1-4H3. The van der Waals surface area contributed by atoms with Gasteiger partial charge in [0.1, 0.15) is 0 Å². The van der Waals surface area contributed by atoms with Crippen LogP contribution in [0, 0.1) is 0 Å². The lowest BCUT2D eigenvalue weighted by atomic mass is 9.90. The predicted octanol–water partition coefficient (Wildman–Crippen LogP) is 3.21. The van der Waals surface area contributed by atoms with Crippen molar-refractivity contribution in [3.63, 3.8) is 0 Å². The molecular formula is C17H32N4. The van der Waals surface area contributed by atoms with Crippen molar-refractivity contribution in [3.8, 4) is 0 Å². The van der Waals surface area contributed by atoms with Gasteiger partial charge < -0.3 is 5.32 Å². The second-order valence-electron chi connectivity index (χ2n) is 6.76. The van der Waals surface area contributed by atoms with Crippen LogP contribution >= 0.6 is 0 Å². The molecule has 0 unspecified atom stereocenters. The van der Waals surface area contributed by atoms with E-state index in [-0.39, 0.29) is 0 Å². The second kappa shape index (κ2) is 7.95. The minimum atomic E-state index is 0.448. The van der Waals surface area contributed by atoms with Gasteiger partial charge in [0.25, 0.3) is 0 Å². The van der Waals surface area contributed by atoms with Gasteiger partial charge in [0, 0.05) is 30.9 Å². The molecule has 2 rings (SSSR count). The summed E-state index contributed by atoms with van der Waals surface area (Å²) >= 11 is 0. The van der Waals surface area contributed by atoms with Gasteiger partial charge in [-0.2, -0.15) is 5.10 Å². The molecule has 0 atom stereocenters. The van der Waals surface area contributed by atoms with Crippen LogP contribution in [0.5, 0.6) is 0 Å². The summed E-state index contributed by atoms with van der Waals surface area (Å²) in [5.74, 6) is 0. The van der Waals surface area contributed by atoms with Crippen LogP contribution in [0.25, 0.3) is 0 Å². The third-order valence-corrected chi connectivity index (χ3v) is 4.61. The summed E-state index contributed by atoms with van der Waals surface area (Å²) in [6.07, 6.45) is 8.58. The fraction of sp³-hybridized carbons (Fsp3) is 0.824. The Balaban J connectivity index is 1.77. The van der Waals surface area contributed by atoms with Crippen LogP contribution in [0.3, 0.4) is 0 Å². The lowest BCUT2D eigenvalue weighted by Gasteiger charge is -2.34. The zero-order chi connectivity index (χ0) is 15.2. The number of hydrogen-bond donors (Lipinski definition) is 1. The fourth-order valence-electron chi connectivity index (χ4n) is 3.20. The van der Waals surface area contributed by atoms with E-state index >= 15 is 0 Å². The molecule has 1 aromatic rings. The van der Waals surface area contributed by atoms with Crippen LogP contribution in [0.2, 0.25) is 0 Å². The van der Waals surface area contributed by atoms with Gasteiger partial charge in [0.05, 0.1) is 5.69 Å². The van der Waals surface area contributed by atoms with Crippen molar-refractivity contribution in [2.24, 2.45) is 0 Å². The minimum absolute atomic E-state index is 0.448. The van der Waals surface area contributed by atoms with Crippen molar-refractivity contribution in [2.75, 3.05) is 13.6 Å². The molecule has 1 heterocycles. The number of aromatic nitrogens is 2. The Bertz CT molecular complexity index is 405. The first kappa shape index (κ1) is 16.5. The number of nitrogens with one attached hydrogen (secondary N) is 1. The van der Waals surface area contributed by atoms with Crippen LogP contribution in [-0.4, -0.2) is 40.4 Å². The lowest BCUT2D eigenvalue weighted by molar-refractivity contribution is 0.166. The van der Waals surface area contributed by atoms with Crippen LogP contribution in [0.1, 0.15) is 64.6 Å². The van der Waals surface area contributed by atoms with E-state index < -0.39 is 0 Å². The van der Waals surface area contributed by atoms with Gasteiger partial charge in [-0.15, -0.1) is 0 Å². The summed E-state index contributed by atoms with van der Waals surface area (Å²) in [4.78, 5) is 2.49. The van der Waals surface area contributed by atoms with Gasteiger partial charge in [-0.3, -0.25) is 9.58 Å². The Kier molecular flexibility index (Phi) is 6.24. The van der Waals surface area contributed by atoms with E-state index in [2.05, 4.69) is 60.1 Å². The molecule has 0 amide bonds. The van der Waals surface area contributed by atoms with E-state index in [4.69, 9.17) is 0 Å². The highest BCUT2D eigenvalue weighted by molar-refractivity contribution is 5.00. The summed E-state index contributed by atoms with van der Waals surface area (Å²) < 4.78 is 2.05. The molecule has 120 valence electrons. The van der Waals surface area contributed by atoms with Crippen molar-refractivity contribution in [3.05, 3.63) is 18.0 Å². The summed E-state index contributed by atoms with van der Waals surface area (Å²) in [6, 6.07) is 4.07. The normalized spacial score (nSPS) is 23.1. The van der Waals surface area contributed by atoms with E-state index in [1.54, 1.807) is 0 Å². The quantitative estimate of drug-likeness (QED) is 0.838. The van der Waals surface area contributed by atoms with Crippen LogP contribution in [0.4, 0.5) is 0 Å². The molecule has 0 bridgehead atoms. The molecule has 0 spiro atoms. The van der Waals surface area contributed by atoms with E-state index in [0.717, 1.165) is 19.1 Å². The molecule has 1 N–H and O–H groups in total. The number of hydrogen-bond acceptors (Lipinski definition) is 3. The van der Waals surface area contributed by atoms with Crippen molar-refractivity contribution >= 4 is 0 Å². The van der Waals surface area contributed by atoms with Crippen LogP contribution in [0.15, 0.2) is 12.3 Å². The molecule has 1 saturated carbocycles. The summed E-state index contributed by atoms with van der Waals surface area (Å²) in [5, 5.41) is 8.32. The lowest BCUT2D eigenvalue weighted by Crippen LogP contribution is -2.40. The Labute approximate surface area is 129 Å². The van der Waals surface area contributed by atoms with Crippen molar-refractivity contribution < 1.29 is 0 Å². The fourth-order valence-corrected chi connectivity index (χ4v) is 3.20. The van der Waals surface area contributed by atoms with Gasteiger partial charge in [0.2, 0.25) is 0 Å². The smallest absolute Gasteiger partial charge is 0.0764 e. The largest absolute Gasteiger partial charge is 0.314 e. The highest BCUT2D eigenvalue weighted by Crippen LogP contribution is 2.23. The molecule has 1 fully saturated rings. The van der Waals surface area contributed by atoms with Crippen molar-refractivity contribution in [1.29, 1.82) is 0 Å². The highest BCUT2D eigenvalue weighted by Gasteiger charge is 2.23. The average Bonchev–Trinajstić information content (AvgIpc) is 2.94. The van der Waals surface area contributed by atoms with Gasteiger partial charge in [-0.25, -0.2) is 0 Å². The van der Waals surface area contributed by atoms with E-state index in [9.17, 15) is 0 Å². The Morgan fingerprint density at radius 2 is 2.05 bits per heavy atom. The predicted molar refractivity (Wildman–Crippen MR) is 88.4 cm³/mol. The van der Waals surface area contributed by atoms with Crippen molar-refractivity contribution in [1.82, 2.24) is 20.0 Å². The second-order valence-corrected chi connectivity index (χ2v) is 6.76. The molecule has 0 aromatic carbocycles. The maximum atomic E-state index is 4.66. The van der Waals surface area contributed by atoms with Gasteiger partial charge in [-0.05, 0) is 65.6 Å². The topological polar surface area (TPSA) is 33.1 Å². The van der Waals surface area contributed by atoms with Crippen LogP contribution < -0.4 is 5.32 Å².